The van der Waals surface area contributed by atoms with Crippen LogP contribution < -0.4 is 0 Å². The van der Waals surface area contributed by atoms with Crippen LogP contribution in [0.15, 0.2) is 0 Å². The minimum absolute atomic E-state index is 0.789. The van der Waals surface area contributed by atoms with Crippen LogP contribution >= 0.6 is 12.2 Å². The summed E-state index contributed by atoms with van der Waals surface area (Å²) < 4.78 is 0.789. The molecule has 15 heavy (non-hydrogen) atoms. The van der Waals surface area contributed by atoms with E-state index in [1.807, 2.05) is 0 Å². The first-order valence-electron chi connectivity index (χ1n) is 6.09. The van der Waals surface area contributed by atoms with Gasteiger partial charge in [-0.1, -0.05) is 39.0 Å². The van der Waals surface area contributed by atoms with Crippen LogP contribution in [0.1, 0.15) is 50.4 Å². The van der Waals surface area contributed by atoms with E-state index in [2.05, 4.69) is 16.9 Å². The Balaban J connectivity index is 2.05. The zero-order chi connectivity index (χ0) is 10.7. The van der Waals surface area contributed by atoms with Gasteiger partial charge in [0.2, 0.25) is 0 Å². The normalized spacial score (nSPS) is 18.2. The van der Waals surface area contributed by atoms with E-state index in [0.29, 0.717) is 0 Å². The molecule has 0 saturated heterocycles. The predicted molar refractivity (Wildman–Crippen MR) is 65.6 cm³/mol. The topological polar surface area (TPSA) is 31.6 Å². The molecular weight excluding hydrogens is 204 g/mol. The van der Waals surface area contributed by atoms with E-state index in [9.17, 15) is 0 Å². The van der Waals surface area contributed by atoms with E-state index in [-0.39, 0.29) is 0 Å². The number of H-pyrrole nitrogens is 2. The van der Waals surface area contributed by atoms with Crippen molar-refractivity contribution in [3.05, 3.63) is 16.2 Å². The van der Waals surface area contributed by atoms with Gasteiger partial charge in [0, 0.05) is 11.4 Å². The second kappa shape index (κ2) is 4.97. The minimum Gasteiger partial charge on any atom is -0.334 e. The van der Waals surface area contributed by atoms with E-state index in [4.69, 9.17) is 12.2 Å². The molecule has 0 spiro atoms. The number of nitrogens with one attached hydrogen (secondary N) is 2. The number of hydrogen-bond donors (Lipinski definition) is 2. The van der Waals surface area contributed by atoms with E-state index >= 15 is 0 Å². The van der Waals surface area contributed by atoms with Gasteiger partial charge in [-0.2, -0.15) is 0 Å². The summed E-state index contributed by atoms with van der Waals surface area (Å²) >= 11 is 5.14. The van der Waals surface area contributed by atoms with Crippen LogP contribution in [0.3, 0.4) is 0 Å². The molecule has 3 heteroatoms. The maximum Gasteiger partial charge on any atom is 0.174 e. The van der Waals surface area contributed by atoms with Crippen molar-refractivity contribution >= 4 is 12.2 Å². The van der Waals surface area contributed by atoms with Gasteiger partial charge >= 0.3 is 0 Å². The molecule has 1 aliphatic carbocycles. The molecule has 1 heterocycles. The van der Waals surface area contributed by atoms with Gasteiger partial charge in [-0.15, -0.1) is 0 Å². The maximum absolute atomic E-state index is 5.14. The molecule has 1 aromatic heterocycles. The van der Waals surface area contributed by atoms with Crippen LogP contribution in [0.25, 0.3) is 0 Å². The Morgan fingerprint density at radius 3 is 2.47 bits per heavy atom. The summed E-state index contributed by atoms with van der Waals surface area (Å²) in [5.74, 6) is 0.880. The van der Waals surface area contributed by atoms with Gasteiger partial charge in [0.05, 0.1) is 0 Å². The number of rotatable bonds is 3. The smallest absolute Gasteiger partial charge is 0.174 e. The first kappa shape index (κ1) is 10.9. The molecule has 0 aliphatic heterocycles. The molecule has 0 radical (unpaired) electrons. The predicted octanol–water partition coefficient (Wildman–Crippen LogP) is 3.76. The molecule has 1 aromatic rings. The average Bonchev–Trinajstić information content (AvgIpc) is 2.60. The molecule has 0 bridgehead atoms. The molecule has 1 fully saturated rings. The van der Waals surface area contributed by atoms with Crippen molar-refractivity contribution in [3.8, 4) is 0 Å². The molecule has 84 valence electrons. The number of imidazole rings is 1. The van der Waals surface area contributed by atoms with E-state index in [1.54, 1.807) is 0 Å². The molecule has 0 unspecified atom stereocenters. The molecule has 0 aromatic carbocycles. The van der Waals surface area contributed by atoms with Gasteiger partial charge in [0.15, 0.2) is 4.77 Å². The maximum atomic E-state index is 5.14. The van der Waals surface area contributed by atoms with Crippen LogP contribution in [-0.4, -0.2) is 9.97 Å². The lowest BCUT2D eigenvalue weighted by Gasteiger charge is -2.21. The Morgan fingerprint density at radius 2 is 1.80 bits per heavy atom. The van der Waals surface area contributed by atoms with Gasteiger partial charge in [0.1, 0.15) is 0 Å². The van der Waals surface area contributed by atoms with Crippen molar-refractivity contribution in [3.63, 3.8) is 0 Å². The van der Waals surface area contributed by atoms with Gasteiger partial charge in [0.25, 0.3) is 0 Å². The quantitative estimate of drug-likeness (QED) is 0.753. The van der Waals surface area contributed by atoms with E-state index < -0.39 is 0 Å². The van der Waals surface area contributed by atoms with Gasteiger partial charge in [-0.3, -0.25) is 0 Å². The van der Waals surface area contributed by atoms with Crippen LogP contribution in [0.2, 0.25) is 0 Å². The summed E-state index contributed by atoms with van der Waals surface area (Å²) in [6.07, 6.45) is 9.30. The Morgan fingerprint density at radius 1 is 1.13 bits per heavy atom. The zero-order valence-corrected chi connectivity index (χ0v) is 10.3. The third-order valence-corrected chi connectivity index (χ3v) is 3.67. The largest absolute Gasteiger partial charge is 0.334 e. The summed E-state index contributed by atoms with van der Waals surface area (Å²) in [6, 6.07) is 0. The number of hydrogen-bond acceptors (Lipinski definition) is 1. The van der Waals surface area contributed by atoms with Crippen LogP contribution in [0.5, 0.6) is 0 Å². The molecule has 2 nitrogen and oxygen atoms in total. The number of aryl methyl sites for hydroxylation is 1. The van der Waals surface area contributed by atoms with Gasteiger partial charge < -0.3 is 9.97 Å². The fourth-order valence-electron chi connectivity index (χ4n) is 2.61. The van der Waals surface area contributed by atoms with Gasteiger partial charge in [-0.25, -0.2) is 0 Å². The highest BCUT2D eigenvalue weighted by Crippen LogP contribution is 2.27. The lowest BCUT2D eigenvalue weighted by Crippen LogP contribution is -2.10. The fraction of sp³-hybridized carbons (Fsp3) is 0.750. The highest BCUT2D eigenvalue weighted by Gasteiger charge is 2.16. The van der Waals surface area contributed by atoms with Crippen molar-refractivity contribution in [2.45, 2.75) is 51.9 Å². The molecular formula is C12H20N2S. The Kier molecular flexibility index (Phi) is 3.62. The molecule has 1 saturated carbocycles. The summed E-state index contributed by atoms with van der Waals surface area (Å²) in [4.78, 5) is 6.55. The lowest BCUT2D eigenvalue weighted by molar-refractivity contribution is 0.354. The molecule has 0 amide bonds. The molecule has 1 aliphatic rings. The standard InChI is InChI=1S/C12H20N2S/c1-2-10-11(14-12(15)13-10)8-9-6-4-3-5-7-9/h9H,2-8H2,1H3,(H2,13,14,15). The Labute approximate surface area is 96.5 Å². The SMILES string of the molecule is CCc1[nH]c(=S)[nH]c1CC1CCCCC1. The second-order valence-corrected chi connectivity index (χ2v) is 5.01. The van der Waals surface area contributed by atoms with Crippen molar-refractivity contribution in [1.29, 1.82) is 0 Å². The first-order valence-corrected chi connectivity index (χ1v) is 6.50. The third kappa shape index (κ3) is 2.71. The van der Waals surface area contributed by atoms with Crippen LogP contribution in [0.4, 0.5) is 0 Å². The van der Waals surface area contributed by atoms with Crippen LogP contribution in [-0.2, 0) is 12.8 Å². The number of aromatic nitrogens is 2. The summed E-state index contributed by atoms with van der Waals surface area (Å²) in [7, 11) is 0. The average molecular weight is 224 g/mol. The second-order valence-electron chi connectivity index (χ2n) is 4.60. The number of aromatic amines is 2. The van der Waals surface area contributed by atoms with Gasteiger partial charge in [-0.05, 0) is 31.0 Å². The molecule has 2 rings (SSSR count). The molecule has 2 N–H and O–H groups in total. The van der Waals surface area contributed by atoms with E-state index in [1.165, 1.54) is 49.9 Å². The first-order chi connectivity index (χ1) is 7.29. The fourth-order valence-corrected chi connectivity index (χ4v) is 2.86. The Hall–Kier alpha value is -0.570. The van der Waals surface area contributed by atoms with Crippen molar-refractivity contribution in [1.82, 2.24) is 9.97 Å². The van der Waals surface area contributed by atoms with Crippen molar-refractivity contribution < 1.29 is 0 Å². The lowest BCUT2D eigenvalue weighted by atomic mass is 9.86. The van der Waals surface area contributed by atoms with E-state index in [0.717, 1.165) is 17.1 Å². The summed E-state index contributed by atoms with van der Waals surface area (Å²) in [5, 5.41) is 0. The van der Waals surface area contributed by atoms with Crippen molar-refractivity contribution in [2.24, 2.45) is 5.92 Å². The summed E-state index contributed by atoms with van der Waals surface area (Å²) in [6.45, 7) is 2.18. The minimum atomic E-state index is 0.789. The highest BCUT2D eigenvalue weighted by molar-refractivity contribution is 7.71. The molecule has 0 atom stereocenters. The Bertz CT molecular complexity index is 358. The summed E-state index contributed by atoms with van der Waals surface area (Å²) in [5.41, 5.74) is 2.67. The van der Waals surface area contributed by atoms with Crippen LogP contribution in [0, 0.1) is 10.7 Å². The highest BCUT2D eigenvalue weighted by atomic mass is 32.1. The monoisotopic (exact) mass is 224 g/mol. The third-order valence-electron chi connectivity index (χ3n) is 3.46. The van der Waals surface area contributed by atoms with Crippen molar-refractivity contribution in [2.75, 3.05) is 0 Å². The zero-order valence-electron chi connectivity index (χ0n) is 9.44.